The van der Waals surface area contributed by atoms with Crippen LogP contribution in [0.1, 0.15) is 0 Å². The molecular weight excluding hydrogens is 388 g/mol. The van der Waals surface area contributed by atoms with Crippen LogP contribution >= 0.6 is 0 Å². The van der Waals surface area contributed by atoms with Crippen molar-refractivity contribution in [1.82, 2.24) is 0 Å². The molecule has 2 aromatic carbocycles. The summed E-state index contributed by atoms with van der Waals surface area (Å²) in [5, 5.41) is 7.15. The summed E-state index contributed by atoms with van der Waals surface area (Å²) in [7, 11) is -8.12. The van der Waals surface area contributed by atoms with Crippen molar-refractivity contribution in [2.75, 3.05) is 6.61 Å². The highest BCUT2D eigenvalue weighted by molar-refractivity contribution is 7.96. The van der Waals surface area contributed by atoms with Crippen molar-refractivity contribution in [3.63, 3.8) is 0 Å². The number of hydrogen-bond acceptors (Lipinski definition) is 6. The highest BCUT2D eigenvalue weighted by atomic mass is 32.2. The van der Waals surface area contributed by atoms with E-state index in [1.54, 1.807) is 36.4 Å². The van der Waals surface area contributed by atoms with Crippen LogP contribution in [0.4, 0.5) is 0 Å². The van der Waals surface area contributed by atoms with E-state index in [-0.39, 0.29) is 9.79 Å². The van der Waals surface area contributed by atoms with Gasteiger partial charge >= 0.3 is 0 Å². The Kier molecular flexibility index (Phi) is 4.27. The van der Waals surface area contributed by atoms with E-state index in [0.29, 0.717) is 0 Å². The highest BCUT2D eigenvalue weighted by Gasteiger charge is 2.65. The van der Waals surface area contributed by atoms with Crippen LogP contribution < -0.4 is 0 Å². The first-order valence-corrected chi connectivity index (χ1v) is 11.5. The molecule has 0 aliphatic carbocycles. The predicted molar refractivity (Wildman–Crippen MR) is 98.7 cm³/mol. The Bertz CT molecular complexity index is 1080. The van der Waals surface area contributed by atoms with E-state index in [1.807, 2.05) is 0 Å². The quantitative estimate of drug-likeness (QED) is 0.754. The molecule has 2 aliphatic rings. The number of fused-ring (bicyclic) bond motifs is 2. The van der Waals surface area contributed by atoms with Gasteiger partial charge in [0, 0.05) is 0 Å². The van der Waals surface area contributed by atoms with E-state index < -0.39 is 48.5 Å². The third kappa shape index (κ3) is 2.67. The van der Waals surface area contributed by atoms with E-state index in [9.17, 15) is 21.9 Å². The van der Waals surface area contributed by atoms with E-state index in [4.69, 9.17) is 4.74 Å². The maximum absolute atomic E-state index is 13.4. The molecule has 1 N–H and O–H groups in total. The van der Waals surface area contributed by atoms with Gasteiger partial charge in [-0.15, -0.1) is 0 Å². The summed E-state index contributed by atoms with van der Waals surface area (Å²) in [6.07, 6.45) is 2.06. The molecule has 1 fully saturated rings. The molecular formula is C19H18O6S2. The van der Waals surface area contributed by atoms with Gasteiger partial charge < -0.3 is 9.84 Å². The maximum Gasteiger partial charge on any atom is 0.185 e. The minimum atomic E-state index is -4.10. The fourth-order valence-electron chi connectivity index (χ4n) is 3.86. The first kappa shape index (κ1) is 18.4. The standard InChI is InChI=1S/C19H18O6S2/c20-13-19-12-11-16(25-19)17(26(21,22)14-7-3-1-4-8-14)18(19)27(23,24)15-9-5-2-6-10-15/h1-12,16-18,20H,13H2/t16-,17-,18+,19-/m1/s1. The molecule has 0 aromatic heterocycles. The minimum Gasteiger partial charge on any atom is -0.393 e. The summed E-state index contributed by atoms with van der Waals surface area (Å²) in [4.78, 5) is 0.0292. The van der Waals surface area contributed by atoms with Crippen molar-refractivity contribution in [2.45, 2.75) is 32.0 Å². The van der Waals surface area contributed by atoms with Gasteiger partial charge in [-0.3, -0.25) is 0 Å². The number of aliphatic hydroxyl groups is 1. The Hall–Kier alpha value is -2.00. The number of rotatable bonds is 5. The van der Waals surface area contributed by atoms with Gasteiger partial charge in [0.05, 0.1) is 22.5 Å². The second kappa shape index (κ2) is 6.27. The zero-order valence-electron chi connectivity index (χ0n) is 14.2. The number of aliphatic hydroxyl groups excluding tert-OH is 1. The van der Waals surface area contributed by atoms with Gasteiger partial charge in [-0.25, -0.2) is 16.8 Å². The summed E-state index contributed by atoms with van der Waals surface area (Å²) in [5.41, 5.74) is -1.58. The summed E-state index contributed by atoms with van der Waals surface area (Å²) in [5.74, 6) is 0. The number of benzene rings is 2. The van der Waals surface area contributed by atoms with Crippen LogP contribution in [0.15, 0.2) is 82.6 Å². The van der Waals surface area contributed by atoms with Gasteiger partial charge in [0.2, 0.25) is 0 Å². The average Bonchev–Trinajstić information content (AvgIpc) is 3.27. The molecule has 0 saturated carbocycles. The monoisotopic (exact) mass is 406 g/mol. The first-order valence-electron chi connectivity index (χ1n) is 8.39. The SMILES string of the molecule is O=S(=O)(c1ccccc1)[C@@H]1[C@H]2C=C[C@](CO)(O2)[C@H]1S(=O)(=O)c1ccccc1. The van der Waals surface area contributed by atoms with Gasteiger partial charge in [-0.2, -0.15) is 0 Å². The molecule has 2 bridgehead atoms. The molecule has 2 aromatic rings. The van der Waals surface area contributed by atoms with E-state index in [2.05, 4.69) is 0 Å². The van der Waals surface area contributed by atoms with Crippen molar-refractivity contribution in [1.29, 1.82) is 0 Å². The molecule has 0 amide bonds. The van der Waals surface area contributed by atoms with Gasteiger partial charge in [-0.05, 0) is 24.3 Å². The van der Waals surface area contributed by atoms with Crippen LogP contribution in [-0.2, 0) is 24.4 Å². The molecule has 8 heteroatoms. The molecule has 4 rings (SSSR count). The lowest BCUT2D eigenvalue weighted by atomic mass is 9.95. The Balaban J connectivity index is 1.91. The Morgan fingerprint density at radius 2 is 1.37 bits per heavy atom. The van der Waals surface area contributed by atoms with Crippen LogP contribution in [0.5, 0.6) is 0 Å². The summed E-state index contributed by atoms with van der Waals surface area (Å²) >= 11 is 0. The minimum absolute atomic E-state index is 0.000590. The smallest absolute Gasteiger partial charge is 0.185 e. The Morgan fingerprint density at radius 1 is 0.852 bits per heavy atom. The molecule has 0 unspecified atom stereocenters. The van der Waals surface area contributed by atoms with E-state index in [1.165, 1.54) is 36.4 Å². The topological polar surface area (TPSA) is 97.7 Å². The fraction of sp³-hybridized carbons (Fsp3) is 0.263. The lowest BCUT2D eigenvalue weighted by molar-refractivity contribution is -0.00746. The zero-order valence-corrected chi connectivity index (χ0v) is 15.8. The van der Waals surface area contributed by atoms with E-state index >= 15 is 0 Å². The predicted octanol–water partition coefficient (Wildman–Crippen LogP) is 1.37. The zero-order chi connectivity index (χ0) is 19.3. The molecule has 6 nitrogen and oxygen atoms in total. The summed E-state index contributed by atoms with van der Waals surface area (Å²) < 4.78 is 59.1. The van der Waals surface area contributed by atoms with Crippen molar-refractivity contribution in [3.8, 4) is 0 Å². The van der Waals surface area contributed by atoms with Crippen molar-refractivity contribution in [3.05, 3.63) is 72.8 Å². The lowest BCUT2D eigenvalue weighted by Gasteiger charge is -2.31. The van der Waals surface area contributed by atoms with Gasteiger partial charge in [0.15, 0.2) is 19.7 Å². The maximum atomic E-state index is 13.4. The molecule has 142 valence electrons. The largest absolute Gasteiger partial charge is 0.393 e. The third-order valence-electron chi connectivity index (χ3n) is 5.11. The normalized spacial score (nSPS) is 29.9. The lowest BCUT2D eigenvalue weighted by Crippen LogP contribution is -2.53. The van der Waals surface area contributed by atoms with Crippen molar-refractivity contribution < 1.29 is 26.7 Å². The second-order valence-electron chi connectivity index (χ2n) is 6.66. The van der Waals surface area contributed by atoms with Gasteiger partial charge in [0.25, 0.3) is 0 Å². The van der Waals surface area contributed by atoms with Gasteiger partial charge in [-0.1, -0.05) is 48.6 Å². The second-order valence-corrected chi connectivity index (χ2v) is 10.8. The molecule has 27 heavy (non-hydrogen) atoms. The van der Waals surface area contributed by atoms with Crippen LogP contribution in [0.3, 0.4) is 0 Å². The van der Waals surface area contributed by atoms with Crippen LogP contribution in [0, 0.1) is 0 Å². The van der Waals surface area contributed by atoms with Gasteiger partial charge in [0.1, 0.15) is 16.1 Å². The summed E-state index contributed by atoms with van der Waals surface area (Å²) in [6, 6.07) is 15.4. The molecule has 0 spiro atoms. The molecule has 2 aliphatic heterocycles. The first-order chi connectivity index (χ1) is 12.8. The molecule has 4 atom stereocenters. The number of ether oxygens (including phenoxy) is 1. The third-order valence-corrected chi connectivity index (χ3v) is 9.76. The summed E-state index contributed by atoms with van der Waals surface area (Å²) in [6.45, 7) is -0.627. The molecule has 1 saturated heterocycles. The fourth-order valence-corrected chi connectivity index (χ4v) is 8.72. The van der Waals surface area contributed by atoms with Crippen LogP contribution in [-0.4, -0.2) is 50.8 Å². The Labute approximate surface area is 158 Å². The van der Waals surface area contributed by atoms with Crippen molar-refractivity contribution in [2.24, 2.45) is 0 Å². The Morgan fingerprint density at radius 3 is 1.89 bits per heavy atom. The number of sulfone groups is 2. The average molecular weight is 406 g/mol. The van der Waals surface area contributed by atoms with Crippen LogP contribution in [0.25, 0.3) is 0 Å². The van der Waals surface area contributed by atoms with Crippen LogP contribution in [0.2, 0.25) is 0 Å². The highest BCUT2D eigenvalue weighted by Crippen LogP contribution is 2.48. The number of hydrogen-bond donors (Lipinski definition) is 1. The van der Waals surface area contributed by atoms with E-state index in [0.717, 1.165) is 0 Å². The molecule has 0 radical (unpaired) electrons. The molecule has 2 heterocycles. The van der Waals surface area contributed by atoms with Crippen molar-refractivity contribution >= 4 is 19.7 Å².